The third-order valence-corrected chi connectivity index (χ3v) is 6.53. The second-order valence-corrected chi connectivity index (χ2v) is 8.65. The van der Waals surface area contributed by atoms with Crippen molar-refractivity contribution >= 4 is 34.1 Å². The Hall–Kier alpha value is -3.06. The van der Waals surface area contributed by atoms with Gasteiger partial charge in [0, 0.05) is 17.8 Å². The standard InChI is InChI=1S/C24H24N4O2S/c1-2-27(21-11-5-8-17-7-3-4-10-20(17)21)22(29)16-31-24-26-25-23(18-12-13-18)28(24)15-19-9-6-14-30-19/h3-11,14,18H,2,12-13,15-16H2,1H3. The number of nitrogens with zero attached hydrogens (tertiary/aromatic N) is 4. The molecule has 0 bridgehead atoms. The van der Waals surface area contributed by atoms with Gasteiger partial charge in [-0.15, -0.1) is 10.2 Å². The van der Waals surface area contributed by atoms with Gasteiger partial charge in [0.2, 0.25) is 5.91 Å². The van der Waals surface area contributed by atoms with Crippen LogP contribution in [0.3, 0.4) is 0 Å². The van der Waals surface area contributed by atoms with E-state index in [0.717, 1.165) is 46.0 Å². The summed E-state index contributed by atoms with van der Waals surface area (Å²) >= 11 is 1.44. The van der Waals surface area contributed by atoms with Crippen molar-refractivity contribution in [3.8, 4) is 0 Å². The van der Waals surface area contributed by atoms with E-state index < -0.39 is 0 Å². The van der Waals surface area contributed by atoms with Crippen LogP contribution in [0.25, 0.3) is 10.8 Å². The summed E-state index contributed by atoms with van der Waals surface area (Å²) in [5.41, 5.74) is 0.946. The van der Waals surface area contributed by atoms with Crippen LogP contribution in [-0.4, -0.2) is 33.0 Å². The van der Waals surface area contributed by atoms with Crippen LogP contribution in [0.1, 0.15) is 37.3 Å². The summed E-state index contributed by atoms with van der Waals surface area (Å²) in [6, 6.07) is 18.1. The smallest absolute Gasteiger partial charge is 0.237 e. The lowest BCUT2D eigenvalue weighted by atomic mass is 10.1. The van der Waals surface area contributed by atoms with Gasteiger partial charge in [-0.2, -0.15) is 0 Å². The van der Waals surface area contributed by atoms with Gasteiger partial charge in [0.1, 0.15) is 11.6 Å². The van der Waals surface area contributed by atoms with E-state index in [0.29, 0.717) is 24.8 Å². The summed E-state index contributed by atoms with van der Waals surface area (Å²) in [5, 5.41) is 11.8. The summed E-state index contributed by atoms with van der Waals surface area (Å²) in [6.45, 7) is 3.21. The Morgan fingerprint density at radius 1 is 1.13 bits per heavy atom. The maximum atomic E-state index is 13.2. The molecule has 1 fully saturated rings. The van der Waals surface area contributed by atoms with Gasteiger partial charge < -0.3 is 9.32 Å². The second-order valence-electron chi connectivity index (χ2n) is 7.71. The molecular weight excluding hydrogens is 408 g/mol. The fraction of sp³-hybridized carbons (Fsp3) is 0.292. The number of benzene rings is 2. The van der Waals surface area contributed by atoms with Gasteiger partial charge in [0.15, 0.2) is 5.16 Å². The zero-order valence-corrected chi connectivity index (χ0v) is 18.2. The van der Waals surface area contributed by atoms with Crippen molar-refractivity contribution in [2.24, 2.45) is 0 Å². The SMILES string of the molecule is CCN(C(=O)CSc1nnc(C2CC2)n1Cc1ccco1)c1cccc2ccccc12. The van der Waals surface area contributed by atoms with Gasteiger partial charge >= 0.3 is 0 Å². The molecule has 0 unspecified atom stereocenters. The molecule has 0 aliphatic heterocycles. The molecule has 5 rings (SSSR count). The summed E-state index contributed by atoms with van der Waals surface area (Å²) in [4.78, 5) is 15.1. The first-order valence-corrected chi connectivity index (χ1v) is 11.6. The molecule has 6 nitrogen and oxygen atoms in total. The highest BCUT2D eigenvalue weighted by Crippen LogP contribution is 2.40. The largest absolute Gasteiger partial charge is 0.467 e. The van der Waals surface area contributed by atoms with Gasteiger partial charge in [-0.05, 0) is 43.4 Å². The Balaban J connectivity index is 1.36. The van der Waals surface area contributed by atoms with Gasteiger partial charge in [-0.25, -0.2) is 0 Å². The number of hydrogen-bond donors (Lipinski definition) is 0. The minimum atomic E-state index is 0.0596. The molecule has 0 N–H and O–H groups in total. The first-order valence-electron chi connectivity index (χ1n) is 10.6. The average Bonchev–Trinajstić information content (AvgIpc) is 3.36. The topological polar surface area (TPSA) is 64.2 Å². The van der Waals surface area contributed by atoms with E-state index in [1.54, 1.807) is 6.26 Å². The highest BCUT2D eigenvalue weighted by atomic mass is 32.2. The minimum Gasteiger partial charge on any atom is -0.467 e. The lowest BCUT2D eigenvalue weighted by Gasteiger charge is -2.22. The molecule has 0 radical (unpaired) electrons. The zero-order valence-electron chi connectivity index (χ0n) is 17.4. The molecule has 0 spiro atoms. The zero-order chi connectivity index (χ0) is 21.2. The van der Waals surface area contributed by atoms with Crippen molar-refractivity contribution in [1.29, 1.82) is 0 Å². The Labute approximate surface area is 185 Å². The van der Waals surface area contributed by atoms with Crippen LogP contribution in [0.15, 0.2) is 70.4 Å². The highest BCUT2D eigenvalue weighted by Gasteiger charge is 2.31. The molecule has 0 saturated heterocycles. The summed E-state index contributed by atoms with van der Waals surface area (Å²) in [7, 11) is 0. The third kappa shape index (κ3) is 4.10. The number of anilines is 1. The number of carbonyl (C=O) groups excluding carboxylic acids is 1. The van der Waals surface area contributed by atoms with E-state index in [4.69, 9.17) is 4.42 Å². The molecule has 1 amide bonds. The first-order chi connectivity index (χ1) is 15.2. The van der Waals surface area contributed by atoms with Crippen LogP contribution >= 0.6 is 11.8 Å². The maximum absolute atomic E-state index is 13.2. The second kappa shape index (κ2) is 8.59. The van der Waals surface area contributed by atoms with E-state index in [2.05, 4.69) is 33.0 Å². The average molecular weight is 433 g/mol. The predicted octanol–water partition coefficient (Wildman–Crippen LogP) is 5.10. The van der Waals surface area contributed by atoms with Crippen molar-refractivity contribution in [3.05, 3.63) is 72.4 Å². The monoisotopic (exact) mass is 432 g/mol. The normalized spacial score (nSPS) is 13.6. The van der Waals surface area contributed by atoms with Gasteiger partial charge in [0.25, 0.3) is 0 Å². The molecule has 4 aromatic rings. The molecule has 2 aromatic carbocycles. The number of aromatic nitrogens is 3. The number of hydrogen-bond acceptors (Lipinski definition) is 5. The molecular formula is C24H24N4O2S. The number of carbonyl (C=O) groups is 1. The van der Waals surface area contributed by atoms with Gasteiger partial charge in [-0.1, -0.05) is 48.2 Å². The third-order valence-electron chi connectivity index (χ3n) is 5.58. The number of amides is 1. The number of fused-ring (bicyclic) bond motifs is 1. The van der Waals surface area contributed by atoms with Crippen molar-refractivity contribution in [1.82, 2.24) is 14.8 Å². The van der Waals surface area contributed by atoms with E-state index in [1.165, 1.54) is 11.8 Å². The Morgan fingerprint density at radius 2 is 1.97 bits per heavy atom. The fourth-order valence-electron chi connectivity index (χ4n) is 3.89. The number of rotatable bonds is 8. The lowest BCUT2D eigenvalue weighted by Crippen LogP contribution is -2.32. The van der Waals surface area contributed by atoms with E-state index in [1.807, 2.05) is 48.2 Å². The first kappa shape index (κ1) is 19.9. The van der Waals surface area contributed by atoms with Crippen LogP contribution in [-0.2, 0) is 11.3 Å². The van der Waals surface area contributed by atoms with Crippen LogP contribution in [0.4, 0.5) is 5.69 Å². The molecule has 1 aliphatic rings. The molecule has 1 aliphatic carbocycles. The van der Waals surface area contributed by atoms with Crippen molar-refractivity contribution in [2.45, 2.75) is 37.4 Å². The van der Waals surface area contributed by atoms with Crippen molar-refractivity contribution in [3.63, 3.8) is 0 Å². The van der Waals surface area contributed by atoms with Gasteiger partial charge in [-0.3, -0.25) is 9.36 Å². The molecule has 1 saturated carbocycles. The molecule has 31 heavy (non-hydrogen) atoms. The predicted molar refractivity (Wildman–Crippen MR) is 123 cm³/mol. The Kier molecular flexibility index (Phi) is 5.51. The number of furan rings is 1. The maximum Gasteiger partial charge on any atom is 0.237 e. The fourth-order valence-corrected chi connectivity index (χ4v) is 4.71. The van der Waals surface area contributed by atoms with Crippen LogP contribution < -0.4 is 4.90 Å². The van der Waals surface area contributed by atoms with Crippen molar-refractivity contribution < 1.29 is 9.21 Å². The van der Waals surface area contributed by atoms with E-state index in [9.17, 15) is 4.79 Å². The summed E-state index contributed by atoms with van der Waals surface area (Å²) in [6.07, 6.45) is 3.96. The minimum absolute atomic E-state index is 0.0596. The summed E-state index contributed by atoms with van der Waals surface area (Å²) < 4.78 is 7.64. The van der Waals surface area contributed by atoms with Crippen LogP contribution in [0.5, 0.6) is 0 Å². The quantitative estimate of drug-likeness (QED) is 0.363. The highest BCUT2D eigenvalue weighted by molar-refractivity contribution is 7.99. The molecule has 2 heterocycles. The Morgan fingerprint density at radius 3 is 2.74 bits per heavy atom. The van der Waals surface area contributed by atoms with E-state index >= 15 is 0 Å². The summed E-state index contributed by atoms with van der Waals surface area (Å²) in [5.74, 6) is 2.69. The van der Waals surface area contributed by atoms with Gasteiger partial charge in [0.05, 0.1) is 24.2 Å². The lowest BCUT2D eigenvalue weighted by molar-refractivity contribution is -0.116. The molecule has 0 atom stereocenters. The molecule has 158 valence electrons. The number of thioether (sulfide) groups is 1. The van der Waals surface area contributed by atoms with E-state index in [-0.39, 0.29) is 5.91 Å². The molecule has 7 heteroatoms. The Bertz CT molecular complexity index is 1190. The van der Waals surface area contributed by atoms with Crippen LogP contribution in [0.2, 0.25) is 0 Å². The van der Waals surface area contributed by atoms with Crippen molar-refractivity contribution in [2.75, 3.05) is 17.2 Å². The van der Waals surface area contributed by atoms with Crippen LogP contribution in [0, 0.1) is 0 Å². The molecule has 2 aromatic heterocycles.